The molecule has 0 aromatic heterocycles. The zero-order valence-corrected chi connectivity index (χ0v) is 12.9. The lowest BCUT2D eigenvalue weighted by Crippen LogP contribution is -2.33. The Morgan fingerprint density at radius 1 is 1.18 bits per heavy atom. The maximum Gasteiger partial charge on any atom is 0.244 e. The monoisotopic (exact) mass is 379 g/mol. The standard InChI is InChI=1S/C11H11Br2NO2S/c12-9-4-5-11(10(13)8-9)17(15,16)14-6-2-1-3-7-14/h1-2,4-5,8H,3,6-7H2. The van der Waals surface area contributed by atoms with Gasteiger partial charge in [-0.25, -0.2) is 8.42 Å². The fourth-order valence-electron chi connectivity index (χ4n) is 1.66. The zero-order valence-electron chi connectivity index (χ0n) is 8.94. The molecule has 0 atom stereocenters. The van der Waals surface area contributed by atoms with E-state index < -0.39 is 10.0 Å². The third-order valence-electron chi connectivity index (χ3n) is 2.53. The fraction of sp³-hybridized carbons (Fsp3) is 0.273. The second kappa shape index (κ2) is 5.22. The molecule has 0 saturated heterocycles. The number of sulfonamides is 1. The van der Waals surface area contributed by atoms with Crippen molar-refractivity contribution in [2.24, 2.45) is 0 Å². The van der Waals surface area contributed by atoms with Crippen LogP contribution in [0.5, 0.6) is 0 Å². The SMILES string of the molecule is O=S(=O)(c1ccc(Br)cc1Br)N1CC=CCC1. The van der Waals surface area contributed by atoms with Crippen LogP contribution in [0.15, 0.2) is 44.2 Å². The summed E-state index contributed by atoms with van der Waals surface area (Å²) in [5.74, 6) is 0. The van der Waals surface area contributed by atoms with E-state index in [0.29, 0.717) is 22.5 Å². The van der Waals surface area contributed by atoms with Gasteiger partial charge in [-0.1, -0.05) is 28.1 Å². The van der Waals surface area contributed by atoms with Crippen LogP contribution in [-0.4, -0.2) is 25.8 Å². The second-order valence-corrected chi connectivity index (χ2v) is 7.37. The highest BCUT2D eigenvalue weighted by Crippen LogP contribution is 2.28. The van der Waals surface area contributed by atoms with Gasteiger partial charge in [-0.3, -0.25) is 0 Å². The van der Waals surface area contributed by atoms with E-state index in [9.17, 15) is 8.42 Å². The number of hydrogen-bond acceptors (Lipinski definition) is 2. The van der Waals surface area contributed by atoms with Gasteiger partial charge < -0.3 is 0 Å². The van der Waals surface area contributed by atoms with Crippen molar-refractivity contribution in [1.82, 2.24) is 4.31 Å². The Morgan fingerprint density at radius 2 is 1.94 bits per heavy atom. The molecule has 0 unspecified atom stereocenters. The van der Waals surface area contributed by atoms with Crippen molar-refractivity contribution >= 4 is 41.9 Å². The summed E-state index contributed by atoms with van der Waals surface area (Å²) >= 11 is 6.61. The average Bonchev–Trinajstić information content (AvgIpc) is 2.29. The summed E-state index contributed by atoms with van der Waals surface area (Å²) in [5.41, 5.74) is 0. The van der Waals surface area contributed by atoms with Gasteiger partial charge in [0.2, 0.25) is 10.0 Å². The Hall–Kier alpha value is -0.170. The van der Waals surface area contributed by atoms with Crippen LogP contribution in [0, 0.1) is 0 Å². The predicted molar refractivity (Wildman–Crippen MR) is 74.4 cm³/mol. The van der Waals surface area contributed by atoms with Crippen molar-refractivity contribution < 1.29 is 8.42 Å². The maximum absolute atomic E-state index is 12.4. The molecule has 0 radical (unpaired) electrons. The molecule has 0 spiro atoms. The van der Waals surface area contributed by atoms with Gasteiger partial charge in [0.05, 0.1) is 4.90 Å². The smallest absolute Gasteiger partial charge is 0.207 e. The summed E-state index contributed by atoms with van der Waals surface area (Å²) < 4.78 is 27.7. The van der Waals surface area contributed by atoms with Gasteiger partial charge in [-0.05, 0) is 40.5 Å². The van der Waals surface area contributed by atoms with Crippen molar-refractivity contribution in [2.75, 3.05) is 13.1 Å². The summed E-state index contributed by atoms with van der Waals surface area (Å²) in [5, 5.41) is 0. The van der Waals surface area contributed by atoms with E-state index in [1.54, 1.807) is 18.2 Å². The lowest BCUT2D eigenvalue weighted by Gasteiger charge is -2.23. The van der Waals surface area contributed by atoms with Crippen LogP contribution in [0.2, 0.25) is 0 Å². The maximum atomic E-state index is 12.4. The highest BCUT2D eigenvalue weighted by atomic mass is 79.9. The molecule has 0 bridgehead atoms. The van der Waals surface area contributed by atoms with Gasteiger partial charge in [-0.15, -0.1) is 0 Å². The first-order valence-corrected chi connectivity index (χ1v) is 8.14. The first-order chi connectivity index (χ1) is 8.01. The largest absolute Gasteiger partial charge is 0.244 e. The van der Waals surface area contributed by atoms with Crippen LogP contribution < -0.4 is 0 Å². The number of rotatable bonds is 2. The minimum Gasteiger partial charge on any atom is -0.207 e. The molecule has 6 heteroatoms. The Labute approximate surface area is 118 Å². The van der Waals surface area contributed by atoms with Gasteiger partial charge >= 0.3 is 0 Å². The molecule has 3 nitrogen and oxygen atoms in total. The lowest BCUT2D eigenvalue weighted by atomic mass is 10.3. The molecule has 2 rings (SSSR count). The van der Waals surface area contributed by atoms with Gasteiger partial charge in [0.25, 0.3) is 0 Å². The normalized spacial score (nSPS) is 17.3. The third kappa shape index (κ3) is 2.81. The summed E-state index contributed by atoms with van der Waals surface area (Å²) in [6.45, 7) is 0.992. The van der Waals surface area contributed by atoms with E-state index in [4.69, 9.17) is 0 Å². The van der Waals surface area contributed by atoms with Crippen LogP contribution >= 0.6 is 31.9 Å². The van der Waals surface area contributed by atoms with Gasteiger partial charge in [0, 0.05) is 22.0 Å². The quantitative estimate of drug-likeness (QED) is 0.739. The highest BCUT2D eigenvalue weighted by Gasteiger charge is 2.26. The van der Waals surface area contributed by atoms with Gasteiger partial charge in [0.15, 0.2) is 0 Å². The first kappa shape index (κ1) is 13.3. The van der Waals surface area contributed by atoms with Crippen molar-refractivity contribution in [3.05, 3.63) is 39.3 Å². The van der Waals surface area contributed by atoms with Gasteiger partial charge in [0.1, 0.15) is 0 Å². The summed E-state index contributed by atoms with van der Waals surface area (Å²) in [6.07, 6.45) is 4.66. The van der Waals surface area contributed by atoms with Crippen LogP contribution in [0.1, 0.15) is 6.42 Å². The molecule has 0 fully saturated rings. The molecule has 17 heavy (non-hydrogen) atoms. The number of nitrogens with zero attached hydrogens (tertiary/aromatic N) is 1. The Kier molecular flexibility index (Phi) is 4.07. The minimum absolute atomic E-state index is 0.316. The van der Waals surface area contributed by atoms with Crippen LogP contribution in [0.25, 0.3) is 0 Å². The van der Waals surface area contributed by atoms with E-state index in [1.165, 1.54) is 4.31 Å². The number of hydrogen-bond donors (Lipinski definition) is 0. The molecule has 1 aromatic carbocycles. The van der Waals surface area contributed by atoms with E-state index in [0.717, 1.165) is 10.9 Å². The molecule has 1 heterocycles. The van der Waals surface area contributed by atoms with Crippen LogP contribution in [0.3, 0.4) is 0 Å². The molecule has 0 aliphatic carbocycles. The highest BCUT2D eigenvalue weighted by molar-refractivity contribution is 9.11. The Balaban J connectivity index is 2.40. The second-order valence-electron chi connectivity index (χ2n) is 3.70. The first-order valence-electron chi connectivity index (χ1n) is 5.12. The topological polar surface area (TPSA) is 37.4 Å². The van der Waals surface area contributed by atoms with Crippen molar-refractivity contribution in [3.63, 3.8) is 0 Å². The molecule has 0 saturated carbocycles. The van der Waals surface area contributed by atoms with Crippen molar-refractivity contribution in [2.45, 2.75) is 11.3 Å². The molecular formula is C11H11Br2NO2S. The third-order valence-corrected chi connectivity index (χ3v) is 5.87. The van der Waals surface area contributed by atoms with E-state index in [-0.39, 0.29) is 0 Å². The van der Waals surface area contributed by atoms with Crippen LogP contribution in [0.4, 0.5) is 0 Å². The molecule has 1 aliphatic heterocycles. The number of halogens is 2. The number of benzene rings is 1. The Bertz CT molecular complexity index is 555. The molecule has 1 aromatic rings. The molecule has 92 valence electrons. The zero-order chi connectivity index (χ0) is 12.5. The molecule has 0 N–H and O–H groups in total. The summed E-state index contributed by atoms with van der Waals surface area (Å²) in [4.78, 5) is 0.316. The van der Waals surface area contributed by atoms with E-state index >= 15 is 0 Å². The average molecular weight is 381 g/mol. The van der Waals surface area contributed by atoms with Crippen molar-refractivity contribution in [1.29, 1.82) is 0 Å². The molecular weight excluding hydrogens is 370 g/mol. The predicted octanol–water partition coefficient (Wildman–Crippen LogP) is 3.16. The van der Waals surface area contributed by atoms with Crippen LogP contribution in [-0.2, 0) is 10.0 Å². The lowest BCUT2D eigenvalue weighted by molar-refractivity contribution is 0.437. The molecule has 1 aliphatic rings. The van der Waals surface area contributed by atoms with Gasteiger partial charge in [-0.2, -0.15) is 4.31 Å². The van der Waals surface area contributed by atoms with Crippen molar-refractivity contribution in [3.8, 4) is 0 Å². The van der Waals surface area contributed by atoms with E-state index in [1.807, 2.05) is 12.2 Å². The fourth-order valence-corrected chi connectivity index (χ4v) is 4.77. The summed E-state index contributed by atoms with van der Waals surface area (Å²) in [6, 6.07) is 5.09. The molecule has 0 amide bonds. The summed E-state index contributed by atoms with van der Waals surface area (Å²) in [7, 11) is -3.40. The Morgan fingerprint density at radius 3 is 2.53 bits per heavy atom. The minimum atomic E-state index is -3.40. The van der Waals surface area contributed by atoms with E-state index in [2.05, 4.69) is 31.9 Å².